The first-order valence-corrected chi connectivity index (χ1v) is 6.12. The van der Waals surface area contributed by atoms with Crippen LogP contribution in [0.25, 0.3) is 0 Å². The van der Waals surface area contributed by atoms with Gasteiger partial charge in [-0.05, 0) is 32.0 Å². The van der Waals surface area contributed by atoms with Gasteiger partial charge in [-0.2, -0.15) is 0 Å². The smallest absolute Gasteiger partial charge is 0.0791 e. The highest BCUT2D eigenvalue weighted by Gasteiger charge is 2.04. The van der Waals surface area contributed by atoms with Crippen molar-refractivity contribution in [2.45, 2.75) is 12.5 Å². The van der Waals surface area contributed by atoms with E-state index in [0.29, 0.717) is 13.1 Å². The minimum atomic E-state index is -0.275. The van der Waals surface area contributed by atoms with Crippen LogP contribution in [-0.4, -0.2) is 49.8 Å². The molecule has 0 aliphatic carbocycles. The summed E-state index contributed by atoms with van der Waals surface area (Å²) in [5.74, 6) is 0. The Morgan fingerprint density at radius 3 is 2.93 bits per heavy atom. The quantitative estimate of drug-likeness (QED) is 0.678. The Bertz CT molecular complexity index is 249. The molecule has 0 fully saturated rings. The molecule has 0 spiro atoms. The number of likely N-dealkylation sites (N-methyl/N-ethyl adjacent to an activating group) is 1. The molecule has 0 aliphatic heterocycles. The maximum Gasteiger partial charge on any atom is 0.0791 e. The summed E-state index contributed by atoms with van der Waals surface area (Å²) < 4.78 is 0. The molecule has 1 rings (SSSR count). The van der Waals surface area contributed by atoms with Crippen molar-refractivity contribution in [1.29, 1.82) is 0 Å². The highest BCUT2D eigenvalue weighted by Crippen LogP contribution is 2.07. The van der Waals surface area contributed by atoms with Crippen LogP contribution >= 0.6 is 11.3 Å². The maximum absolute atomic E-state index is 9.58. The second kappa shape index (κ2) is 6.95. The highest BCUT2D eigenvalue weighted by atomic mass is 32.1. The lowest BCUT2D eigenvalue weighted by molar-refractivity contribution is 0.135. The van der Waals surface area contributed by atoms with Crippen molar-refractivity contribution in [2.24, 2.45) is 0 Å². The van der Waals surface area contributed by atoms with Crippen LogP contribution in [0.4, 0.5) is 0 Å². The Kier molecular flexibility index (Phi) is 5.86. The van der Waals surface area contributed by atoms with Gasteiger partial charge in [-0.25, -0.2) is 0 Å². The molecule has 0 saturated heterocycles. The third-order valence-electron chi connectivity index (χ3n) is 2.08. The third-order valence-corrected chi connectivity index (χ3v) is 3.02. The topological polar surface area (TPSA) is 35.5 Å². The van der Waals surface area contributed by atoms with Gasteiger partial charge < -0.3 is 15.3 Å². The SMILES string of the molecule is CN(C)CC(O)CNCCc1cccs1. The van der Waals surface area contributed by atoms with Crippen molar-refractivity contribution in [2.75, 3.05) is 33.7 Å². The number of aliphatic hydroxyl groups is 1. The molecule has 0 radical (unpaired) electrons. The molecule has 4 heteroatoms. The Balaban J connectivity index is 2.01. The fourth-order valence-electron chi connectivity index (χ4n) is 1.42. The molecule has 1 atom stereocenters. The Hall–Kier alpha value is -0.420. The Morgan fingerprint density at radius 2 is 2.33 bits per heavy atom. The molecule has 15 heavy (non-hydrogen) atoms. The zero-order valence-electron chi connectivity index (χ0n) is 9.44. The van der Waals surface area contributed by atoms with E-state index in [4.69, 9.17) is 0 Å². The minimum absolute atomic E-state index is 0.275. The molecular weight excluding hydrogens is 208 g/mol. The van der Waals surface area contributed by atoms with Gasteiger partial charge >= 0.3 is 0 Å². The average Bonchev–Trinajstić information content (AvgIpc) is 2.63. The lowest BCUT2D eigenvalue weighted by Gasteiger charge is -2.16. The molecule has 3 nitrogen and oxygen atoms in total. The van der Waals surface area contributed by atoms with E-state index in [9.17, 15) is 5.11 Å². The third kappa shape index (κ3) is 5.89. The number of nitrogens with zero attached hydrogens (tertiary/aromatic N) is 1. The average molecular weight is 228 g/mol. The van der Waals surface area contributed by atoms with Gasteiger partial charge in [0, 0.05) is 24.5 Å². The van der Waals surface area contributed by atoms with E-state index in [1.807, 2.05) is 19.0 Å². The first-order chi connectivity index (χ1) is 7.18. The largest absolute Gasteiger partial charge is 0.390 e. The van der Waals surface area contributed by atoms with E-state index in [1.54, 1.807) is 11.3 Å². The van der Waals surface area contributed by atoms with Gasteiger partial charge in [-0.15, -0.1) is 11.3 Å². The summed E-state index contributed by atoms with van der Waals surface area (Å²) in [4.78, 5) is 3.38. The zero-order valence-corrected chi connectivity index (χ0v) is 10.3. The normalized spacial score (nSPS) is 13.3. The van der Waals surface area contributed by atoms with Crippen LogP contribution in [0.15, 0.2) is 17.5 Å². The predicted molar refractivity (Wildman–Crippen MR) is 65.5 cm³/mol. The molecule has 2 N–H and O–H groups in total. The van der Waals surface area contributed by atoms with Crippen LogP contribution in [0, 0.1) is 0 Å². The summed E-state index contributed by atoms with van der Waals surface area (Å²) in [6.45, 7) is 2.32. The fraction of sp³-hybridized carbons (Fsp3) is 0.636. The molecular formula is C11H20N2OS. The Morgan fingerprint density at radius 1 is 1.53 bits per heavy atom. The van der Waals surface area contributed by atoms with E-state index >= 15 is 0 Å². The minimum Gasteiger partial charge on any atom is -0.390 e. The number of rotatable bonds is 7. The van der Waals surface area contributed by atoms with E-state index in [1.165, 1.54) is 4.88 Å². The van der Waals surface area contributed by atoms with Crippen molar-refractivity contribution < 1.29 is 5.11 Å². The van der Waals surface area contributed by atoms with Crippen molar-refractivity contribution >= 4 is 11.3 Å². The molecule has 0 saturated carbocycles. The van der Waals surface area contributed by atoms with Crippen molar-refractivity contribution in [3.8, 4) is 0 Å². The first-order valence-electron chi connectivity index (χ1n) is 5.24. The van der Waals surface area contributed by atoms with Crippen molar-refractivity contribution in [3.05, 3.63) is 22.4 Å². The van der Waals surface area contributed by atoms with Crippen LogP contribution < -0.4 is 5.32 Å². The van der Waals surface area contributed by atoms with Gasteiger partial charge in [0.1, 0.15) is 0 Å². The number of hydrogen-bond acceptors (Lipinski definition) is 4. The highest BCUT2D eigenvalue weighted by molar-refractivity contribution is 7.09. The molecule has 1 heterocycles. The van der Waals surface area contributed by atoms with E-state index in [0.717, 1.165) is 13.0 Å². The van der Waals surface area contributed by atoms with Gasteiger partial charge in [0.2, 0.25) is 0 Å². The number of aliphatic hydroxyl groups excluding tert-OH is 1. The van der Waals surface area contributed by atoms with E-state index in [-0.39, 0.29) is 6.10 Å². The summed E-state index contributed by atoms with van der Waals surface area (Å²) in [5, 5.41) is 14.9. The van der Waals surface area contributed by atoms with Crippen molar-refractivity contribution in [3.63, 3.8) is 0 Å². The molecule has 1 aromatic rings. The molecule has 0 aromatic carbocycles. The summed E-state index contributed by atoms with van der Waals surface area (Å²) in [5.41, 5.74) is 0. The van der Waals surface area contributed by atoms with Gasteiger partial charge in [0.25, 0.3) is 0 Å². The molecule has 86 valence electrons. The van der Waals surface area contributed by atoms with Gasteiger partial charge in [-0.3, -0.25) is 0 Å². The lowest BCUT2D eigenvalue weighted by Crippen LogP contribution is -2.35. The van der Waals surface area contributed by atoms with Gasteiger partial charge in [0.05, 0.1) is 6.10 Å². The van der Waals surface area contributed by atoms with Crippen LogP contribution in [0.3, 0.4) is 0 Å². The molecule has 1 unspecified atom stereocenters. The van der Waals surface area contributed by atoms with E-state index in [2.05, 4.69) is 22.8 Å². The standard InChI is InChI=1S/C11H20N2OS/c1-13(2)9-10(14)8-12-6-5-11-4-3-7-15-11/h3-4,7,10,12,14H,5-6,8-9H2,1-2H3. The second-order valence-corrected chi connectivity index (χ2v) is 4.98. The summed E-state index contributed by atoms with van der Waals surface area (Å²) in [7, 11) is 3.93. The predicted octanol–water partition coefficient (Wildman–Crippen LogP) is 0.803. The van der Waals surface area contributed by atoms with Crippen molar-refractivity contribution in [1.82, 2.24) is 10.2 Å². The van der Waals surface area contributed by atoms with Crippen LogP contribution in [-0.2, 0) is 6.42 Å². The van der Waals surface area contributed by atoms with Gasteiger partial charge in [0.15, 0.2) is 0 Å². The molecule has 0 amide bonds. The number of hydrogen-bond donors (Lipinski definition) is 2. The zero-order chi connectivity index (χ0) is 11.1. The Labute approximate surface area is 95.7 Å². The van der Waals surface area contributed by atoms with Crippen LogP contribution in [0.2, 0.25) is 0 Å². The molecule has 1 aromatic heterocycles. The first kappa shape index (κ1) is 12.6. The second-order valence-electron chi connectivity index (χ2n) is 3.95. The summed E-state index contributed by atoms with van der Waals surface area (Å²) in [6.07, 6.45) is 0.773. The number of nitrogens with one attached hydrogen (secondary N) is 1. The van der Waals surface area contributed by atoms with Crippen LogP contribution in [0.1, 0.15) is 4.88 Å². The number of thiophene rings is 1. The van der Waals surface area contributed by atoms with E-state index < -0.39 is 0 Å². The fourth-order valence-corrected chi connectivity index (χ4v) is 2.13. The van der Waals surface area contributed by atoms with Crippen LogP contribution in [0.5, 0.6) is 0 Å². The van der Waals surface area contributed by atoms with Gasteiger partial charge in [-0.1, -0.05) is 6.07 Å². The summed E-state index contributed by atoms with van der Waals surface area (Å²) >= 11 is 1.78. The molecule has 0 aliphatic rings. The lowest BCUT2D eigenvalue weighted by atomic mass is 10.3. The molecule has 0 bridgehead atoms. The summed E-state index contributed by atoms with van der Waals surface area (Å²) in [6, 6.07) is 4.21. The maximum atomic E-state index is 9.58. The monoisotopic (exact) mass is 228 g/mol.